The molecule has 0 radical (unpaired) electrons. The first-order chi connectivity index (χ1) is 4.00. The van der Waals surface area contributed by atoms with Gasteiger partial charge >= 0.3 is 6.00 Å². The third kappa shape index (κ3) is 279. The molecule has 0 nitrogen and oxygen atoms in total. The molecule has 0 N–H and O–H groups in total. The minimum atomic E-state index is -2.19. The van der Waals surface area contributed by atoms with E-state index in [9.17, 15) is 0 Å². The van der Waals surface area contributed by atoms with Gasteiger partial charge in [-0.3, -0.25) is 0 Å². The third-order valence-corrected chi connectivity index (χ3v) is 0. The molecule has 0 amide bonds. The van der Waals surface area contributed by atoms with Crippen LogP contribution in [0.15, 0.2) is 0 Å². The largest absolute Gasteiger partial charge is 0.338 e. The molecule has 0 saturated carbocycles. The van der Waals surface area contributed by atoms with Crippen molar-refractivity contribution in [2.24, 2.45) is 0 Å². The maximum Gasteiger partial charge on any atom is 0.338 e. The lowest BCUT2D eigenvalue weighted by Gasteiger charge is -1.97. The lowest BCUT2D eigenvalue weighted by atomic mass is 11.8. The fraction of sp³-hybridized carbons (Fsp3) is 1.00. The van der Waals surface area contributed by atoms with Gasteiger partial charge in [-0.05, 0) is 6.55 Å². The highest BCUT2D eigenvalue weighted by Gasteiger charge is 2.13. The summed E-state index contributed by atoms with van der Waals surface area (Å²) in [7, 11) is -1.14. The summed E-state index contributed by atoms with van der Waals surface area (Å²) < 4.78 is 0. The Kier molecular flexibility index (Phi) is 7.46. The van der Waals surface area contributed by atoms with Gasteiger partial charge in [0.25, 0.3) is 0 Å². The molecule has 0 spiro atoms. The van der Waals surface area contributed by atoms with Gasteiger partial charge in [-0.1, -0.05) is 19.6 Å². The maximum atomic E-state index is 5.67. The molecule has 0 fully saturated rings. The van der Waals surface area contributed by atoms with Crippen molar-refractivity contribution in [1.29, 1.82) is 0 Å². The van der Waals surface area contributed by atoms with Gasteiger partial charge in [0.1, 0.15) is 7.38 Å². The molecule has 0 aromatic heterocycles. The highest BCUT2D eigenvalue weighted by Crippen LogP contribution is 2.17. The van der Waals surface area contributed by atoms with Gasteiger partial charge in [-0.15, -0.1) is 33.2 Å². The van der Waals surface area contributed by atoms with E-state index in [1.807, 2.05) is 0 Å². The molecule has 0 aromatic carbocycles. The lowest BCUT2D eigenvalue weighted by Crippen LogP contribution is -2.06. The van der Waals surface area contributed by atoms with Crippen LogP contribution in [0, 0.1) is 0 Å². The monoisotopic (exact) mass is 256 g/mol. The Morgan fingerprint density at radius 3 is 0.700 bits per heavy atom. The standard InChI is InChI=1S/C3H9ClSi.CH3Cl3Si/c2*1-5(2,3)4/h1-3H3;1H3. The van der Waals surface area contributed by atoms with Gasteiger partial charge in [-0.2, -0.15) is 11.1 Å². The Labute approximate surface area is 83.6 Å². The molecule has 10 heavy (non-hydrogen) atoms. The Morgan fingerprint density at radius 1 is 0.700 bits per heavy atom. The molecular formula is C4H12Cl4Si2. The van der Waals surface area contributed by atoms with E-state index in [2.05, 4.69) is 19.6 Å². The molecule has 64 valence electrons. The van der Waals surface area contributed by atoms with Crippen molar-refractivity contribution in [3.05, 3.63) is 0 Å². The fourth-order valence-electron chi connectivity index (χ4n) is 0. The summed E-state index contributed by atoms with van der Waals surface area (Å²) in [5, 5.41) is 0. The van der Waals surface area contributed by atoms with E-state index < -0.39 is 13.4 Å². The molecule has 6 heteroatoms. The maximum absolute atomic E-state index is 5.67. The van der Waals surface area contributed by atoms with Crippen LogP contribution in [0.25, 0.3) is 0 Å². The number of halogens is 4. The summed E-state index contributed by atoms with van der Waals surface area (Å²) in [5.74, 6) is 0. The van der Waals surface area contributed by atoms with Crippen molar-refractivity contribution in [2.45, 2.75) is 26.2 Å². The molecule has 0 aliphatic rings. The van der Waals surface area contributed by atoms with Crippen molar-refractivity contribution < 1.29 is 0 Å². The summed E-state index contributed by atoms with van der Waals surface area (Å²) in [4.78, 5) is 0. The van der Waals surface area contributed by atoms with Crippen LogP contribution >= 0.6 is 44.3 Å². The van der Waals surface area contributed by atoms with Crippen LogP contribution in [0.3, 0.4) is 0 Å². The number of hydrogen-bond acceptors (Lipinski definition) is 0. The van der Waals surface area contributed by atoms with Gasteiger partial charge in [0.15, 0.2) is 0 Å². The highest BCUT2D eigenvalue weighted by molar-refractivity contribution is 7.64. The minimum absolute atomic E-state index is 1.14. The molecule has 0 aromatic rings. The quantitative estimate of drug-likeness (QED) is 0.448. The molecule has 0 saturated heterocycles. The fourth-order valence-corrected chi connectivity index (χ4v) is 0. The Morgan fingerprint density at radius 2 is 0.700 bits per heavy atom. The summed E-state index contributed by atoms with van der Waals surface area (Å²) in [6, 6.07) is -2.19. The van der Waals surface area contributed by atoms with Crippen LogP contribution < -0.4 is 0 Å². The van der Waals surface area contributed by atoms with Gasteiger partial charge in [-0.25, -0.2) is 0 Å². The summed E-state index contributed by atoms with van der Waals surface area (Å²) in [6.07, 6.45) is 0. The van der Waals surface area contributed by atoms with Crippen molar-refractivity contribution in [1.82, 2.24) is 0 Å². The van der Waals surface area contributed by atoms with E-state index in [4.69, 9.17) is 44.3 Å². The third-order valence-electron chi connectivity index (χ3n) is 0. The molecule has 0 unspecified atom stereocenters. The molecule has 0 aliphatic heterocycles. The van der Waals surface area contributed by atoms with Gasteiger partial charge in [0, 0.05) is 0 Å². The second-order valence-corrected chi connectivity index (χ2v) is 20.5. The van der Waals surface area contributed by atoms with Crippen LogP contribution in [0.2, 0.25) is 26.2 Å². The van der Waals surface area contributed by atoms with E-state index in [1.54, 1.807) is 6.55 Å². The Bertz CT molecular complexity index is 58.2. The SMILES string of the molecule is C[Si](C)(C)Cl.C[Si](Cl)(Cl)Cl. The van der Waals surface area contributed by atoms with Crippen molar-refractivity contribution >= 4 is 57.7 Å². The van der Waals surface area contributed by atoms with Crippen LogP contribution in [0.1, 0.15) is 0 Å². The average Bonchev–Trinajstić information content (AvgIpc) is 1.12. The van der Waals surface area contributed by atoms with Crippen molar-refractivity contribution in [3.63, 3.8) is 0 Å². The Hall–Kier alpha value is 1.59. The minimum Gasteiger partial charge on any atom is -0.168 e. The van der Waals surface area contributed by atoms with Gasteiger partial charge in [0.05, 0.1) is 0 Å². The summed E-state index contributed by atoms with van der Waals surface area (Å²) in [6.45, 7) is 7.90. The second-order valence-electron chi connectivity index (χ2n) is 2.85. The van der Waals surface area contributed by atoms with Crippen LogP contribution in [0.4, 0.5) is 0 Å². The normalized spacial score (nSPS) is 12.0. The first-order valence-electron chi connectivity index (χ1n) is 2.76. The first-order valence-corrected chi connectivity index (χ1v) is 12.8. The predicted molar refractivity (Wildman–Crippen MR) is 58.4 cm³/mol. The van der Waals surface area contributed by atoms with Gasteiger partial charge in [0.2, 0.25) is 0 Å². The predicted octanol–water partition coefficient (Wildman–Crippen LogP) is 4.33. The molecule has 0 bridgehead atoms. The molecule has 0 heterocycles. The average molecular weight is 258 g/mol. The molecule has 0 rings (SSSR count). The highest BCUT2D eigenvalue weighted by atomic mass is 35.8. The van der Waals surface area contributed by atoms with E-state index in [1.165, 1.54) is 0 Å². The van der Waals surface area contributed by atoms with Crippen molar-refractivity contribution in [2.75, 3.05) is 0 Å². The van der Waals surface area contributed by atoms with Crippen molar-refractivity contribution in [3.8, 4) is 0 Å². The lowest BCUT2D eigenvalue weighted by molar-refractivity contribution is 1.87. The summed E-state index contributed by atoms with van der Waals surface area (Å²) >= 11 is 21.3. The zero-order valence-corrected chi connectivity index (χ0v) is 11.5. The molecular weight excluding hydrogens is 246 g/mol. The molecule has 0 atom stereocenters. The van der Waals surface area contributed by atoms with Gasteiger partial charge < -0.3 is 0 Å². The topological polar surface area (TPSA) is 0 Å². The zero-order valence-electron chi connectivity index (χ0n) is 6.51. The zero-order chi connectivity index (χ0) is 9.00. The van der Waals surface area contributed by atoms with E-state index in [-0.39, 0.29) is 0 Å². The van der Waals surface area contributed by atoms with Crippen LogP contribution in [0.5, 0.6) is 0 Å². The van der Waals surface area contributed by atoms with E-state index in [0.717, 1.165) is 0 Å². The molecule has 0 aliphatic carbocycles. The number of rotatable bonds is 0. The number of hydrogen-bond donors (Lipinski definition) is 0. The van der Waals surface area contributed by atoms with Crippen LogP contribution in [-0.4, -0.2) is 13.4 Å². The van der Waals surface area contributed by atoms with Crippen LogP contribution in [-0.2, 0) is 0 Å². The summed E-state index contributed by atoms with van der Waals surface area (Å²) in [5.41, 5.74) is 0. The van der Waals surface area contributed by atoms with E-state index in [0.29, 0.717) is 0 Å². The van der Waals surface area contributed by atoms with E-state index >= 15 is 0 Å². The Balaban J connectivity index is 0. The first kappa shape index (κ1) is 14.1. The smallest absolute Gasteiger partial charge is 0.168 e. The second kappa shape index (κ2) is 5.28.